The average Bonchev–Trinajstić information content (AvgIpc) is 2.76. The van der Waals surface area contributed by atoms with Gasteiger partial charge in [0.05, 0.1) is 5.38 Å². The minimum Gasteiger partial charge on any atom is -0.117 e. The quantitative estimate of drug-likeness (QED) is 0.443. The topological polar surface area (TPSA) is 0 Å². The van der Waals surface area contributed by atoms with Crippen molar-refractivity contribution < 1.29 is 0 Å². The average molecular weight is 287 g/mol. The van der Waals surface area contributed by atoms with E-state index < -0.39 is 0 Å². The van der Waals surface area contributed by atoms with Gasteiger partial charge in [0.15, 0.2) is 0 Å². The van der Waals surface area contributed by atoms with Crippen LogP contribution in [0, 0.1) is 12.8 Å². The monoisotopic (exact) mass is 286 g/mol. The molecule has 20 heavy (non-hydrogen) atoms. The molecular formula is C19H23Cl. The van der Waals surface area contributed by atoms with Crippen molar-refractivity contribution in [3.05, 3.63) is 47.5 Å². The molecule has 2 aromatic rings. The van der Waals surface area contributed by atoms with Gasteiger partial charge < -0.3 is 0 Å². The minimum atomic E-state index is 0.165. The molecule has 0 aliphatic heterocycles. The van der Waals surface area contributed by atoms with Gasteiger partial charge in [-0.1, -0.05) is 62.1 Å². The number of rotatable bonds is 2. The summed E-state index contributed by atoms with van der Waals surface area (Å²) in [6.45, 7) is 2.18. The zero-order chi connectivity index (χ0) is 13.9. The van der Waals surface area contributed by atoms with Gasteiger partial charge in [0, 0.05) is 0 Å². The fourth-order valence-electron chi connectivity index (χ4n) is 3.57. The summed E-state index contributed by atoms with van der Waals surface area (Å²) in [5, 5.41) is 2.86. The molecule has 1 atom stereocenters. The summed E-state index contributed by atoms with van der Waals surface area (Å²) < 4.78 is 0. The summed E-state index contributed by atoms with van der Waals surface area (Å²) in [7, 11) is 0. The van der Waals surface area contributed by atoms with Gasteiger partial charge >= 0.3 is 0 Å². The lowest BCUT2D eigenvalue weighted by Crippen LogP contribution is -2.08. The third kappa shape index (κ3) is 2.72. The summed E-state index contributed by atoms with van der Waals surface area (Å²) in [6.07, 6.45) is 8.03. The molecule has 106 valence electrons. The van der Waals surface area contributed by atoms with Crippen LogP contribution < -0.4 is 0 Å². The Kier molecular flexibility index (Phi) is 4.31. The summed E-state index contributed by atoms with van der Waals surface area (Å²) in [6, 6.07) is 13.2. The second-order valence-electron chi connectivity index (χ2n) is 6.17. The number of alkyl halides is 1. The molecule has 0 N–H and O–H groups in total. The van der Waals surface area contributed by atoms with Crippen LogP contribution in [-0.4, -0.2) is 0 Å². The van der Waals surface area contributed by atoms with Crippen molar-refractivity contribution in [1.82, 2.24) is 0 Å². The highest BCUT2D eigenvalue weighted by Crippen LogP contribution is 2.40. The molecule has 3 rings (SSSR count). The zero-order valence-corrected chi connectivity index (χ0v) is 13.0. The van der Waals surface area contributed by atoms with E-state index in [2.05, 4.69) is 43.3 Å². The molecule has 2 aromatic carbocycles. The van der Waals surface area contributed by atoms with Crippen molar-refractivity contribution in [3.63, 3.8) is 0 Å². The normalized spacial score (nSPS) is 18.9. The summed E-state index contributed by atoms with van der Waals surface area (Å²) in [5.41, 5.74) is 2.67. The van der Waals surface area contributed by atoms with E-state index in [-0.39, 0.29) is 5.38 Å². The fourth-order valence-corrected chi connectivity index (χ4v) is 4.01. The Labute approximate surface area is 127 Å². The zero-order valence-electron chi connectivity index (χ0n) is 12.2. The molecule has 1 heteroatoms. The molecule has 0 spiro atoms. The Hall–Kier alpha value is -1.01. The second-order valence-corrected chi connectivity index (χ2v) is 6.64. The standard InChI is InChI=1S/C19H23Cl/c1-14-12-13-18(17-11-7-6-10-16(14)17)19(20)15-8-4-2-3-5-9-15/h6-7,10-13,15,19H,2-5,8-9H2,1H3. The molecule has 1 saturated carbocycles. The van der Waals surface area contributed by atoms with Crippen LogP contribution in [0.3, 0.4) is 0 Å². The Bertz CT molecular complexity index is 579. The minimum absolute atomic E-state index is 0.165. The van der Waals surface area contributed by atoms with E-state index in [4.69, 9.17) is 11.6 Å². The van der Waals surface area contributed by atoms with Gasteiger partial charge in [-0.15, -0.1) is 11.6 Å². The highest BCUT2D eigenvalue weighted by Gasteiger charge is 2.23. The van der Waals surface area contributed by atoms with Gasteiger partial charge in [-0.05, 0) is 47.6 Å². The molecule has 0 radical (unpaired) electrons. The first-order valence-electron chi connectivity index (χ1n) is 7.89. The number of benzene rings is 2. The van der Waals surface area contributed by atoms with Gasteiger partial charge in [-0.3, -0.25) is 0 Å². The molecule has 0 aromatic heterocycles. The highest BCUT2D eigenvalue weighted by atomic mass is 35.5. The smallest absolute Gasteiger partial charge is 0.0619 e. The first kappa shape index (κ1) is 13.9. The summed E-state index contributed by atoms with van der Waals surface area (Å²) in [5.74, 6) is 0.644. The second kappa shape index (κ2) is 6.18. The number of aryl methyl sites for hydroxylation is 1. The largest absolute Gasteiger partial charge is 0.117 e. The van der Waals surface area contributed by atoms with Crippen LogP contribution in [0.1, 0.15) is 55.0 Å². The highest BCUT2D eigenvalue weighted by molar-refractivity contribution is 6.22. The third-order valence-corrected chi connectivity index (χ3v) is 5.38. The Morgan fingerprint density at radius 1 is 0.900 bits per heavy atom. The molecule has 0 heterocycles. The maximum Gasteiger partial charge on any atom is 0.0619 e. The van der Waals surface area contributed by atoms with Crippen molar-refractivity contribution >= 4 is 22.4 Å². The van der Waals surface area contributed by atoms with Gasteiger partial charge in [0.25, 0.3) is 0 Å². The van der Waals surface area contributed by atoms with E-state index in [1.807, 2.05) is 0 Å². The Morgan fingerprint density at radius 3 is 2.25 bits per heavy atom. The molecule has 1 unspecified atom stereocenters. The molecule has 0 bridgehead atoms. The van der Waals surface area contributed by atoms with Crippen molar-refractivity contribution in [3.8, 4) is 0 Å². The van der Waals surface area contributed by atoms with Gasteiger partial charge in [0.2, 0.25) is 0 Å². The lowest BCUT2D eigenvalue weighted by Gasteiger charge is -2.22. The molecule has 1 aliphatic carbocycles. The van der Waals surface area contributed by atoms with Crippen LogP contribution in [0.25, 0.3) is 10.8 Å². The predicted octanol–water partition coefficient (Wildman–Crippen LogP) is 6.40. The van der Waals surface area contributed by atoms with Crippen molar-refractivity contribution in [2.24, 2.45) is 5.92 Å². The van der Waals surface area contributed by atoms with E-state index in [0.717, 1.165) is 0 Å². The lowest BCUT2D eigenvalue weighted by atomic mass is 9.88. The van der Waals surface area contributed by atoms with Crippen LogP contribution >= 0.6 is 11.6 Å². The van der Waals surface area contributed by atoms with Gasteiger partial charge in [0.1, 0.15) is 0 Å². The summed E-state index contributed by atoms with van der Waals surface area (Å²) in [4.78, 5) is 0. The Morgan fingerprint density at radius 2 is 1.55 bits per heavy atom. The van der Waals surface area contributed by atoms with Crippen LogP contribution in [-0.2, 0) is 0 Å². The third-order valence-electron chi connectivity index (χ3n) is 4.79. The fraction of sp³-hybridized carbons (Fsp3) is 0.474. The maximum absolute atomic E-state index is 6.89. The molecule has 0 nitrogen and oxygen atoms in total. The molecule has 0 amide bonds. The SMILES string of the molecule is Cc1ccc(C(Cl)C2CCCCCC2)c2ccccc12. The van der Waals surface area contributed by atoms with E-state index in [0.29, 0.717) is 5.92 Å². The number of hydrogen-bond donors (Lipinski definition) is 0. The van der Waals surface area contributed by atoms with E-state index >= 15 is 0 Å². The van der Waals surface area contributed by atoms with E-state index in [9.17, 15) is 0 Å². The summed E-state index contributed by atoms with van der Waals surface area (Å²) >= 11 is 6.89. The van der Waals surface area contributed by atoms with Crippen LogP contribution in [0.15, 0.2) is 36.4 Å². The van der Waals surface area contributed by atoms with Gasteiger partial charge in [-0.25, -0.2) is 0 Å². The maximum atomic E-state index is 6.89. The number of hydrogen-bond acceptors (Lipinski definition) is 0. The van der Waals surface area contributed by atoms with Crippen LogP contribution in [0.2, 0.25) is 0 Å². The molecule has 0 saturated heterocycles. The molecule has 1 fully saturated rings. The Balaban J connectivity index is 1.98. The number of fused-ring (bicyclic) bond motifs is 1. The lowest BCUT2D eigenvalue weighted by molar-refractivity contribution is 0.446. The number of halogens is 1. The van der Waals surface area contributed by atoms with Crippen LogP contribution in [0.4, 0.5) is 0 Å². The van der Waals surface area contributed by atoms with E-state index in [1.165, 1.54) is 60.4 Å². The van der Waals surface area contributed by atoms with E-state index in [1.54, 1.807) is 0 Å². The molecular weight excluding hydrogens is 264 g/mol. The van der Waals surface area contributed by atoms with Crippen molar-refractivity contribution in [2.75, 3.05) is 0 Å². The first-order valence-corrected chi connectivity index (χ1v) is 8.33. The predicted molar refractivity (Wildman–Crippen MR) is 88.5 cm³/mol. The van der Waals surface area contributed by atoms with Crippen LogP contribution in [0.5, 0.6) is 0 Å². The first-order chi connectivity index (χ1) is 9.77. The van der Waals surface area contributed by atoms with Gasteiger partial charge in [-0.2, -0.15) is 0 Å². The molecule has 1 aliphatic rings. The van der Waals surface area contributed by atoms with Crippen molar-refractivity contribution in [2.45, 2.75) is 50.8 Å². The van der Waals surface area contributed by atoms with Crippen molar-refractivity contribution in [1.29, 1.82) is 0 Å².